The lowest BCUT2D eigenvalue weighted by Gasteiger charge is -2.35. The van der Waals surface area contributed by atoms with Gasteiger partial charge in [-0.15, -0.1) is 0 Å². The van der Waals surface area contributed by atoms with Gasteiger partial charge in [-0.05, 0) is 48.9 Å². The van der Waals surface area contributed by atoms with Crippen molar-refractivity contribution in [2.45, 2.75) is 13.0 Å². The van der Waals surface area contributed by atoms with Crippen molar-refractivity contribution < 1.29 is 18.4 Å². The van der Waals surface area contributed by atoms with E-state index in [0.29, 0.717) is 37.0 Å². The lowest BCUT2D eigenvalue weighted by atomic mass is 10.0. The predicted molar refractivity (Wildman–Crippen MR) is 108 cm³/mol. The molecule has 156 valence electrons. The average molecular weight is 410 g/mol. The van der Waals surface area contributed by atoms with Gasteiger partial charge in [0.05, 0.1) is 19.3 Å². The van der Waals surface area contributed by atoms with E-state index in [-0.39, 0.29) is 17.8 Å². The van der Waals surface area contributed by atoms with Crippen LogP contribution in [0, 0.1) is 12.7 Å². The zero-order chi connectivity index (χ0) is 20.9. The summed E-state index contributed by atoms with van der Waals surface area (Å²) >= 11 is 0. The molecule has 2 aromatic carbocycles. The minimum Gasteiger partial charge on any atom is -0.379 e. The number of nitrogens with zero attached hydrogens (tertiary/aromatic N) is 3. The van der Waals surface area contributed by atoms with E-state index >= 15 is 0 Å². The third-order valence-electron chi connectivity index (χ3n) is 5.12. The summed E-state index contributed by atoms with van der Waals surface area (Å²) in [4.78, 5) is 19.1. The first-order chi connectivity index (χ1) is 14.6. The molecule has 0 bridgehead atoms. The highest BCUT2D eigenvalue weighted by Gasteiger charge is 2.23. The van der Waals surface area contributed by atoms with Crippen LogP contribution >= 0.6 is 0 Å². The molecule has 0 radical (unpaired) electrons. The Morgan fingerprint density at radius 2 is 1.83 bits per heavy atom. The molecule has 1 N–H and O–H groups in total. The average Bonchev–Trinajstić information content (AvgIpc) is 3.22. The van der Waals surface area contributed by atoms with E-state index in [4.69, 9.17) is 9.26 Å². The van der Waals surface area contributed by atoms with E-state index < -0.39 is 0 Å². The number of carbonyl (C=O) groups excluding carboxylic acids is 1. The Kier molecular flexibility index (Phi) is 6.15. The molecule has 1 aromatic heterocycles. The summed E-state index contributed by atoms with van der Waals surface area (Å²) in [5.74, 6) is 0.522. The maximum atomic E-state index is 13.4. The molecule has 1 saturated heterocycles. The molecule has 7 nitrogen and oxygen atoms in total. The zero-order valence-electron chi connectivity index (χ0n) is 16.7. The monoisotopic (exact) mass is 410 g/mol. The van der Waals surface area contributed by atoms with Gasteiger partial charge in [0.2, 0.25) is 0 Å². The maximum absolute atomic E-state index is 13.4. The predicted octanol–water partition coefficient (Wildman–Crippen LogP) is 2.99. The summed E-state index contributed by atoms with van der Waals surface area (Å²) in [7, 11) is 0. The largest absolute Gasteiger partial charge is 0.379 e. The summed E-state index contributed by atoms with van der Waals surface area (Å²) in [6.07, 6.45) is 0. The molecule has 1 aliphatic rings. The highest BCUT2D eigenvalue weighted by molar-refractivity contribution is 5.94. The molecule has 1 atom stereocenters. The first-order valence-electron chi connectivity index (χ1n) is 9.86. The number of aromatic nitrogens is 2. The molecule has 0 saturated carbocycles. The Morgan fingerprint density at radius 1 is 1.13 bits per heavy atom. The number of aryl methyl sites for hydroxylation is 1. The molecule has 1 unspecified atom stereocenters. The number of nitrogens with one attached hydrogen (secondary N) is 1. The normalized spacial score (nSPS) is 15.7. The van der Waals surface area contributed by atoms with Crippen LogP contribution in [0.15, 0.2) is 53.1 Å². The topological polar surface area (TPSA) is 80.5 Å². The minimum atomic E-state index is -0.278. The molecule has 1 amide bonds. The summed E-state index contributed by atoms with van der Waals surface area (Å²) in [6.45, 7) is 4.97. The standard InChI is InChI=1S/C22H23FN4O3/c1-15-25-22(30-26-15)18-4-2-17(3-5-18)21(28)24-14-20(27-10-12-29-13-11-27)16-6-8-19(23)9-7-16/h2-9,20H,10-14H2,1H3,(H,24,28). The quantitative estimate of drug-likeness (QED) is 0.673. The van der Waals surface area contributed by atoms with Crippen LogP contribution in [0.4, 0.5) is 4.39 Å². The highest BCUT2D eigenvalue weighted by Crippen LogP contribution is 2.22. The summed E-state index contributed by atoms with van der Waals surface area (Å²) < 4.78 is 24.0. The van der Waals surface area contributed by atoms with E-state index in [9.17, 15) is 9.18 Å². The van der Waals surface area contributed by atoms with E-state index in [1.54, 1.807) is 43.3 Å². The number of rotatable bonds is 6. The van der Waals surface area contributed by atoms with Crippen molar-refractivity contribution in [1.82, 2.24) is 20.4 Å². The molecule has 1 fully saturated rings. The smallest absolute Gasteiger partial charge is 0.257 e. The molecule has 8 heteroatoms. The highest BCUT2D eigenvalue weighted by atomic mass is 19.1. The third kappa shape index (κ3) is 4.72. The van der Waals surface area contributed by atoms with Gasteiger partial charge in [-0.25, -0.2) is 4.39 Å². The lowest BCUT2D eigenvalue weighted by Crippen LogP contribution is -2.43. The maximum Gasteiger partial charge on any atom is 0.257 e. The fourth-order valence-corrected chi connectivity index (χ4v) is 3.50. The van der Waals surface area contributed by atoms with Crippen LogP contribution in [0.1, 0.15) is 27.8 Å². The van der Waals surface area contributed by atoms with E-state index in [1.165, 1.54) is 12.1 Å². The Balaban J connectivity index is 1.44. The minimum absolute atomic E-state index is 0.0564. The van der Waals surface area contributed by atoms with Crippen molar-refractivity contribution in [3.63, 3.8) is 0 Å². The first-order valence-corrected chi connectivity index (χ1v) is 9.86. The fraction of sp³-hybridized carbons (Fsp3) is 0.318. The van der Waals surface area contributed by atoms with Gasteiger partial charge < -0.3 is 14.6 Å². The molecule has 2 heterocycles. The SMILES string of the molecule is Cc1noc(-c2ccc(C(=O)NCC(c3ccc(F)cc3)N3CCOCC3)cc2)n1. The molecule has 1 aliphatic heterocycles. The van der Waals surface area contributed by atoms with Crippen LogP contribution < -0.4 is 5.32 Å². The van der Waals surface area contributed by atoms with E-state index in [2.05, 4.69) is 20.4 Å². The molecule has 0 aliphatic carbocycles. The summed E-state index contributed by atoms with van der Waals surface area (Å²) in [5.41, 5.74) is 2.25. The van der Waals surface area contributed by atoms with Crippen LogP contribution in [-0.4, -0.2) is 53.8 Å². The second-order valence-corrected chi connectivity index (χ2v) is 7.15. The Bertz CT molecular complexity index is 982. The number of halogens is 1. The van der Waals surface area contributed by atoms with Crippen molar-refractivity contribution in [3.8, 4) is 11.5 Å². The molecule has 0 spiro atoms. The second-order valence-electron chi connectivity index (χ2n) is 7.15. The third-order valence-corrected chi connectivity index (χ3v) is 5.12. The van der Waals surface area contributed by atoms with Crippen LogP contribution in [-0.2, 0) is 4.74 Å². The summed E-state index contributed by atoms with van der Waals surface area (Å²) in [5, 5.41) is 6.78. The van der Waals surface area contributed by atoms with Gasteiger partial charge in [-0.3, -0.25) is 9.69 Å². The van der Waals surface area contributed by atoms with Crippen molar-refractivity contribution in [2.24, 2.45) is 0 Å². The number of benzene rings is 2. The number of ether oxygens (including phenoxy) is 1. The second kappa shape index (κ2) is 9.15. The van der Waals surface area contributed by atoms with Gasteiger partial charge in [0.25, 0.3) is 11.8 Å². The van der Waals surface area contributed by atoms with Crippen LogP contribution in [0.3, 0.4) is 0 Å². The molecular formula is C22H23FN4O3. The Hall–Kier alpha value is -3.10. The van der Waals surface area contributed by atoms with Gasteiger partial charge in [0.15, 0.2) is 5.82 Å². The van der Waals surface area contributed by atoms with Crippen molar-refractivity contribution in [2.75, 3.05) is 32.8 Å². The molecule has 4 rings (SSSR count). The number of amides is 1. The lowest BCUT2D eigenvalue weighted by molar-refractivity contribution is 0.0162. The van der Waals surface area contributed by atoms with Gasteiger partial charge in [0, 0.05) is 30.8 Å². The van der Waals surface area contributed by atoms with E-state index in [1.807, 2.05) is 0 Å². The fourth-order valence-electron chi connectivity index (χ4n) is 3.50. The number of morpholine rings is 1. The Labute approximate surface area is 173 Å². The number of hydrogen-bond acceptors (Lipinski definition) is 6. The van der Waals surface area contributed by atoms with Gasteiger partial charge in [-0.2, -0.15) is 4.98 Å². The van der Waals surface area contributed by atoms with Gasteiger partial charge in [0.1, 0.15) is 5.82 Å². The van der Waals surface area contributed by atoms with Crippen molar-refractivity contribution in [3.05, 3.63) is 71.3 Å². The van der Waals surface area contributed by atoms with Gasteiger partial charge in [-0.1, -0.05) is 17.3 Å². The zero-order valence-corrected chi connectivity index (χ0v) is 16.7. The first kappa shape index (κ1) is 20.2. The van der Waals surface area contributed by atoms with Crippen LogP contribution in [0.2, 0.25) is 0 Å². The number of carbonyl (C=O) groups is 1. The van der Waals surface area contributed by atoms with Gasteiger partial charge >= 0.3 is 0 Å². The van der Waals surface area contributed by atoms with Crippen LogP contribution in [0.5, 0.6) is 0 Å². The van der Waals surface area contributed by atoms with Crippen molar-refractivity contribution in [1.29, 1.82) is 0 Å². The van der Waals surface area contributed by atoms with E-state index in [0.717, 1.165) is 24.2 Å². The Morgan fingerprint density at radius 3 is 2.47 bits per heavy atom. The molecular weight excluding hydrogens is 387 g/mol. The molecule has 3 aromatic rings. The molecule has 30 heavy (non-hydrogen) atoms. The van der Waals surface area contributed by atoms with Crippen molar-refractivity contribution >= 4 is 5.91 Å². The summed E-state index contributed by atoms with van der Waals surface area (Å²) in [6, 6.07) is 13.4. The number of hydrogen-bond donors (Lipinski definition) is 1. The van der Waals surface area contributed by atoms with Crippen LogP contribution in [0.25, 0.3) is 11.5 Å².